The minimum Gasteiger partial charge on any atom is -0.506 e. The molecular formula is C20H17N2O5P. The lowest BCUT2D eigenvalue weighted by Crippen LogP contribution is -2.29. The van der Waals surface area contributed by atoms with Gasteiger partial charge in [-0.2, -0.15) is 0 Å². The molecule has 0 radical (unpaired) electrons. The van der Waals surface area contributed by atoms with Crippen LogP contribution in [0.2, 0.25) is 0 Å². The zero-order valence-electron chi connectivity index (χ0n) is 15.0. The van der Waals surface area contributed by atoms with E-state index in [1.165, 1.54) is 13.3 Å². The van der Waals surface area contributed by atoms with Gasteiger partial charge >= 0.3 is 0 Å². The van der Waals surface area contributed by atoms with Crippen LogP contribution in [0, 0.1) is 0 Å². The molecule has 2 amide bonds. The number of phenols is 1. The first kappa shape index (κ1) is 18.3. The van der Waals surface area contributed by atoms with Gasteiger partial charge in [0.15, 0.2) is 12.5 Å². The second-order valence-corrected chi connectivity index (χ2v) is 6.98. The summed E-state index contributed by atoms with van der Waals surface area (Å²) >= 11 is 0. The van der Waals surface area contributed by atoms with Crippen LogP contribution >= 0.6 is 9.24 Å². The number of imide groups is 1. The predicted octanol–water partition coefficient (Wildman–Crippen LogP) is 2.22. The van der Waals surface area contributed by atoms with E-state index < -0.39 is 11.8 Å². The van der Waals surface area contributed by atoms with Crippen LogP contribution in [-0.4, -0.2) is 40.7 Å². The van der Waals surface area contributed by atoms with Crippen LogP contribution in [0.5, 0.6) is 11.5 Å². The van der Waals surface area contributed by atoms with Crippen LogP contribution in [-0.2, 0) is 11.3 Å². The summed E-state index contributed by atoms with van der Waals surface area (Å²) in [5.41, 5.74) is 1.03. The lowest BCUT2D eigenvalue weighted by molar-refractivity contribution is 0.0505. The predicted molar refractivity (Wildman–Crippen MR) is 106 cm³/mol. The highest BCUT2D eigenvalue weighted by Gasteiger charge is 2.42. The average molecular weight is 396 g/mol. The van der Waals surface area contributed by atoms with Gasteiger partial charge in [0.05, 0.1) is 12.1 Å². The molecule has 1 unspecified atom stereocenters. The van der Waals surface area contributed by atoms with E-state index in [0.29, 0.717) is 10.9 Å². The molecule has 1 N–H and O–H groups in total. The van der Waals surface area contributed by atoms with E-state index in [2.05, 4.69) is 14.2 Å². The quantitative estimate of drug-likeness (QED) is 0.404. The molecule has 0 fully saturated rings. The molecule has 1 aliphatic heterocycles. The molecule has 8 heteroatoms. The average Bonchev–Trinajstić information content (AvgIpc) is 2.95. The number of hydrogen-bond donors (Lipinski definition) is 1. The number of phenolic OH excluding ortho intramolecular Hbond substituents is 1. The second kappa shape index (κ2) is 7.19. The van der Waals surface area contributed by atoms with Crippen LogP contribution in [0.4, 0.5) is 0 Å². The Morgan fingerprint density at radius 3 is 2.54 bits per heavy atom. The van der Waals surface area contributed by atoms with Gasteiger partial charge in [0.1, 0.15) is 16.8 Å². The summed E-state index contributed by atoms with van der Waals surface area (Å²) in [6.45, 7) is -0.0375. The van der Waals surface area contributed by atoms with Crippen molar-refractivity contribution >= 4 is 37.3 Å². The van der Waals surface area contributed by atoms with E-state index in [-0.39, 0.29) is 36.0 Å². The molecule has 142 valence electrons. The van der Waals surface area contributed by atoms with Gasteiger partial charge in [0.2, 0.25) is 0 Å². The van der Waals surface area contributed by atoms with E-state index in [1.807, 2.05) is 24.3 Å². The minimum atomic E-state index is -0.569. The third-order valence-electron chi connectivity index (χ3n) is 4.55. The van der Waals surface area contributed by atoms with Crippen LogP contribution in [0.3, 0.4) is 0 Å². The lowest BCUT2D eigenvalue weighted by atomic mass is 10.0. The molecule has 1 aliphatic rings. The molecule has 0 spiro atoms. The molecule has 28 heavy (non-hydrogen) atoms. The van der Waals surface area contributed by atoms with E-state index in [0.717, 1.165) is 15.8 Å². The van der Waals surface area contributed by atoms with E-state index in [1.54, 1.807) is 12.1 Å². The van der Waals surface area contributed by atoms with Crippen molar-refractivity contribution in [3.8, 4) is 11.5 Å². The Morgan fingerprint density at radius 2 is 1.82 bits per heavy atom. The number of ether oxygens (including phenoxy) is 2. The van der Waals surface area contributed by atoms with Crippen molar-refractivity contribution in [2.24, 2.45) is 0 Å². The van der Waals surface area contributed by atoms with E-state index in [4.69, 9.17) is 9.47 Å². The van der Waals surface area contributed by atoms with Crippen molar-refractivity contribution in [1.29, 1.82) is 0 Å². The molecule has 1 aromatic heterocycles. The third-order valence-corrected chi connectivity index (χ3v) is 4.94. The van der Waals surface area contributed by atoms with Crippen molar-refractivity contribution in [3.05, 3.63) is 59.3 Å². The highest BCUT2D eigenvalue weighted by atomic mass is 31.0. The summed E-state index contributed by atoms with van der Waals surface area (Å²) in [6, 6.07) is 10.7. The van der Waals surface area contributed by atoms with Gasteiger partial charge < -0.3 is 14.6 Å². The lowest BCUT2D eigenvalue weighted by Gasteiger charge is -2.14. The van der Waals surface area contributed by atoms with Gasteiger partial charge in [0.25, 0.3) is 11.8 Å². The molecule has 4 rings (SSSR count). The van der Waals surface area contributed by atoms with Crippen molar-refractivity contribution in [3.63, 3.8) is 0 Å². The van der Waals surface area contributed by atoms with Crippen LogP contribution in [0.1, 0.15) is 26.3 Å². The number of rotatable bonds is 5. The topological polar surface area (TPSA) is 89.0 Å². The SMILES string of the molecule is COCOc1c2c(c(O)c3cccnc13)C(=O)N(Cc1ccc(P)cc1)C2=O. The zero-order valence-corrected chi connectivity index (χ0v) is 16.2. The van der Waals surface area contributed by atoms with Crippen molar-refractivity contribution in [1.82, 2.24) is 9.88 Å². The Balaban J connectivity index is 1.85. The summed E-state index contributed by atoms with van der Waals surface area (Å²) in [5, 5.41) is 12.0. The Bertz CT molecular complexity index is 1100. The maximum Gasteiger partial charge on any atom is 0.265 e. The zero-order chi connectivity index (χ0) is 19.8. The van der Waals surface area contributed by atoms with Gasteiger partial charge in [-0.1, -0.05) is 24.3 Å². The minimum absolute atomic E-state index is 0.00779. The van der Waals surface area contributed by atoms with Crippen molar-refractivity contribution < 1.29 is 24.2 Å². The standard InChI is InChI=1S/C20H17N2O5P/c1-26-10-27-18-15-14(17(23)13-3-2-8-21-16(13)18)19(24)22(20(15)25)9-11-4-6-12(28)7-5-11/h2-8,23H,9-10,28H2,1H3. The highest BCUT2D eigenvalue weighted by Crippen LogP contribution is 2.43. The van der Waals surface area contributed by atoms with Gasteiger partial charge in [-0.05, 0) is 23.0 Å². The molecule has 0 saturated heterocycles. The largest absolute Gasteiger partial charge is 0.506 e. The maximum absolute atomic E-state index is 13.1. The smallest absolute Gasteiger partial charge is 0.265 e. The Morgan fingerprint density at radius 1 is 1.11 bits per heavy atom. The number of carbonyl (C=O) groups excluding carboxylic acids is 2. The van der Waals surface area contributed by atoms with Crippen molar-refractivity contribution in [2.45, 2.75) is 6.54 Å². The second-order valence-electron chi connectivity index (χ2n) is 6.32. The normalized spacial score (nSPS) is 13.3. The number of nitrogens with zero attached hydrogens (tertiary/aromatic N) is 2. The first-order valence-corrected chi connectivity index (χ1v) is 9.06. The van der Waals surface area contributed by atoms with Gasteiger partial charge in [0, 0.05) is 18.7 Å². The third kappa shape index (κ3) is 2.89. The van der Waals surface area contributed by atoms with Crippen LogP contribution < -0.4 is 10.0 Å². The molecule has 7 nitrogen and oxygen atoms in total. The Hall–Kier alpha value is -3.02. The van der Waals surface area contributed by atoms with Crippen molar-refractivity contribution in [2.75, 3.05) is 13.9 Å². The summed E-state index contributed by atoms with van der Waals surface area (Å²) in [5.74, 6) is -1.25. The Kier molecular flexibility index (Phi) is 4.71. The molecule has 0 aliphatic carbocycles. The summed E-state index contributed by atoms with van der Waals surface area (Å²) < 4.78 is 10.6. The molecule has 0 saturated carbocycles. The molecule has 3 aromatic rings. The van der Waals surface area contributed by atoms with Crippen LogP contribution in [0.15, 0.2) is 42.6 Å². The molecule has 2 heterocycles. The van der Waals surface area contributed by atoms with Gasteiger partial charge in [-0.25, -0.2) is 0 Å². The number of fused-ring (bicyclic) bond motifs is 2. The van der Waals surface area contributed by atoms with Gasteiger partial charge in [-0.15, -0.1) is 9.24 Å². The highest BCUT2D eigenvalue weighted by molar-refractivity contribution is 7.27. The Labute approximate surface area is 163 Å². The fourth-order valence-electron chi connectivity index (χ4n) is 3.24. The first-order chi connectivity index (χ1) is 13.5. The number of carbonyl (C=O) groups is 2. The number of methoxy groups -OCH3 is 1. The summed E-state index contributed by atoms with van der Waals surface area (Å²) in [6.07, 6.45) is 1.52. The number of hydrogen-bond acceptors (Lipinski definition) is 6. The monoisotopic (exact) mass is 396 g/mol. The number of aromatic nitrogens is 1. The van der Waals surface area contributed by atoms with Gasteiger partial charge in [-0.3, -0.25) is 19.5 Å². The number of benzene rings is 2. The number of pyridine rings is 1. The number of aromatic hydroxyl groups is 1. The molecular weight excluding hydrogens is 379 g/mol. The fourth-order valence-corrected chi connectivity index (χ4v) is 3.44. The summed E-state index contributed by atoms with van der Waals surface area (Å²) in [7, 11) is 4.03. The first-order valence-electron chi connectivity index (χ1n) is 8.49. The van der Waals surface area contributed by atoms with E-state index in [9.17, 15) is 14.7 Å². The maximum atomic E-state index is 13.1. The van der Waals surface area contributed by atoms with E-state index >= 15 is 0 Å². The number of amides is 2. The molecule has 2 aromatic carbocycles. The summed E-state index contributed by atoms with van der Waals surface area (Å²) in [4.78, 5) is 31.4. The molecule has 0 bridgehead atoms. The van der Waals surface area contributed by atoms with Crippen LogP contribution in [0.25, 0.3) is 10.9 Å². The molecule has 1 atom stereocenters. The fraction of sp³-hybridized carbons (Fsp3) is 0.150.